The molecule has 4 nitrogen and oxygen atoms in total. The molecule has 1 atom stereocenters. The normalized spacial score (nSPS) is 19.9. The molecule has 1 saturated carbocycles. The summed E-state index contributed by atoms with van der Waals surface area (Å²) in [7, 11) is 0. The van der Waals surface area contributed by atoms with E-state index in [1.807, 2.05) is 6.92 Å². The second-order valence-corrected chi connectivity index (χ2v) is 6.75. The molecular formula is C9H12N2O2S2. The Morgan fingerprint density at radius 1 is 1.60 bits per heavy atom. The SMILES string of the molecule is Cc1nnc(SC(C)(C(=O)O)C2CC2)s1. The van der Waals surface area contributed by atoms with E-state index < -0.39 is 10.7 Å². The summed E-state index contributed by atoms with van der Waals surface area (Å²) >= 11 is 2.79. The quantitative estimate of drug-likeness (QED) is 0.823. The lowest BCUT2D eigenvalue weighted by molar-refractivity contribution is -0.139. The van der Waals surface area contributed by atoms with Crippen LogP contribution in [0, 0.1) is 12.8 Å². The van der Waals surface area contributed by atoms with Gasteiger partial charge in [0.1, 0.15) is 9.75 Å². The lowest BCUT2D eigenvalue weighted by atomic mass is 10.1. The van der Waals surface area contributed by atoms with E-state index in [0.717, 1.165) is 22.2 Å². The Bertz CT molecular complexity index is 389. The van der Waals surface area contributed by atoms with E-state index in [1.54, 1.807) is 6.92 Å². The molecule has 0 amide bonds. The minimum Gasteiger partial charge on any atom is -0.480 e. The minimum atomic E-state index is -0.747. The second-order valence-electron chi connectivity index (χ2n) is 3.88. The zero-order chi connectivity index (χ0) is 11.1. The molecule has 0 bridgehead atoms. The number of aliphatic carboxylic acids is 1. The number of aromatic nitrogens is 2. The zero-order valence-electron chi connectivity index (χ0n) is 8.56. The van der Waals surface area contributed by atoms with Crippen LogP contribution in [-0.2, 0) is 4.79 Å². The van der Waals surface area contributed by atoms with Gasteiger partial charge in [-0.25, -0.2) is 0 Å². The van der Waals surface area contributed by atoms with Gasteiger partial charge < -0.3 is 5.11 Å². The molecule has 1 aromatic heterocycles. The molecule has 1 N–H and O–H groups in total. The summed E-state index contributed by atoms with van der Waals surface area (Å²) in [6.07, 6.45) is 2.02. The van der Waals surface area contributed by atoms with Gasteiger partial charge in [-0.15, -0.1) is 10.2 Å². The molecule has 0 spiro atoms. The van der Waals surface area contributed by atoms with Crippen molar-refractivity contribution in [2.24, 2.45) is 5.92 Å². The molecule has 1 fully saturated rings. The Kier molecular flexibility index (Phi) is 2.72. The van der Waals surface area contributed by atoms with E-state index in [4.69, 9.17) is 0 Å². The standard InChI is InChI=1S/C9H12N2O2S2/c1-5-10-11-8(14-5)15-9(2,7(12)13)6-3-4-6/h6H,3-4H2,1-2H3,(H,12,13). The van der Waals surface area contributed by atoms with Gasteiger partial charge in [-0.3, -0.25) is 4.79 Å². The van der Waals surface area contributed by atoms with Crippen molar-refractivity contribution in [1.29, 1.82) is 0 Å². The number of aryl methyl sites for hydroxylation is 1. The molecule has 15 heavy (non-hydrogen) atoms. The van der Waals surface area contributed by atoms with Crippen LogP contribution in [0.3, 0.4) is 0 Å². The maximum Gasteiger partial charge on any atom is 0.320 e. The number of carboxylic acid groups (broad SMARTS) is 1. The largest absolute Gasteiger partial charge is 0.480 e. The van der Waals surface area contributed by atoms with E-state index in [9.17, 15) is 9.90 Å². The lowest BCUT2D eigenvalue weighted by Crippen LogP contribution is -2.33. The molecule has 0 radical (unpaired) electrons. The summed E-state index contributed by atoms with van der Waals surface area (Å²) in [5.74, 6) is -0.466. The maximum absolute atomic E-state index is 11.2. The van der Waals surface area contributed by atoms with Crippen LogP contribution >= 0.6 is 23.1 Å². The average molecular weight is 244 g/mol. The van der Waals surface area contributed by atoms with Gasteiger partial charge in [-0.2, -0.15) is 0 Å². The Hall–Kier alpha value is -0.620. The number of rotatable bonds is 4. The van der Waals surface area contributed by atoms with Crippen LogP contribution in [-0.4, -0.2) is 26.0 Å². The predicted molar refractivity (Wildman–Crippen MR) is 59.3 cm³/mol. The Balaban J connectivity index is 2.16. The molecule has 1 aliphatic rings. The van der Waals surface area contributed by atoms with Gasteiger partial charge in [0.15, 0.2) is 4.34 Å². The summed E-state index contributed by atoms with van der Waals surface area (Å²) in [5, 5.41) is 18.0. The molecule has 1 aromatic rings. The van der Waals surface area contributed by atoms with Crippen molar-refractivity contribution in [3.8, 4) is 0 Å². The molecule has 0 aliphatic heterocycles. The first kappa shape index (κ1) is 10.9. The molecule has 2 rings (SSSR count). The molecule has 6 heteroatoms. The van der Waals surface area contributed by atoms with Gasteiger partial charge in [-0.1, -0.05) is 23.1 Å². The molecule has 1 heterocycles. The van der Waals surface area contributed by atoms with Crippen LogP contribution in [0.4, 0.5) is 0 Å². The highest BCUT2D eigenvalue weighted by Crippen LogP contribution is 2.50. The zero-order valence-corrected chi connectivity index (χ0v) is 10.2. The number of thioether (sulfide) groups is 1. The van der Waals surface area contributed by atoms with E-state index in [1.165, 1.54) is 23.1 Å². The summed E-state index contributed by atoms with van der Waals surface area (Å²) < 4.78 is 0.0238. The predicted octanol–water partition coefficient (Wildman–Crippen LogP) is 2.19. The van der Waals surface area contributed by atoms with Gasteiger partial charge in [-0.05, 0) is 32.6 Å². The summed E-state index contributed by atoms with van der Waals surface area (Å²) in [5.41, 5.74) is 0. The topological polar surface area (TPSA) is 63.1 Å². The Morgan fingerprint density at radius 3 is 2.67 bits per heavy atom. The monoisotopic (exact) mass is 244 g/mol. The van der Waals surface area contributed by atoms with Crippen LogP contribution in [0.2, 0.25) is 0 Å². The molecule has 1 aliphatic carbocycles. The van der Waals surface area contributed by atoms with Crippen LogP contribution in [0.15, 0.2) is 4.34 Å². The first-order valence-corrected chi connectivity index (χ1v) is 6.38. The van der Waals surface area contributed by atoms with Crippen LogP contribution in [0.1, 0.15) is 24.8 Å². The van der Waals surface area contributed by atoms with Gasteiger partial charge in [0.05, 0.1) is 0 Å². The summed E-state index contributed by atoms with van der Waals surface area (Å²) in [4.78, 5) is 11.2. The van der Waals surface area contributed by atoms with Gasteiger partial charge in [0, 0.05) is 0 Å². The van der Waals surface area contributed by atoms with Crippen LogP contribution in [0.5, 0.6) is 0 Å². The second kappa shape index (κ2) is 3.75. The first-order valence-electron chi connectivity index (χ1n) is 4.75. The Morgan fingerprint density at radius 2 is 2.27 bits per heavy atom. The van der Waals surface area contributed by atoms with Crippen LogP contribution < -0.4 is 0 Å². The molecule has 0 aromatic carbocycles. The fraction of sp³-hybridized carbons (Fsp3) is 0.667. The van der Waals surface area contributed by atoms with Crippen molar-refractivity contribution in [3.63, 3.8) is 0 Å². The van der Waals surface area contributed by atoms with Crippen molar-refractivity contribution in [1.82, 2.24) is 10.2 Å². The van der Waals surface area contributed by atoms with Crippen molar-refractivity contribution in [2.45, 2.75) is 35.8 Å². The highest BCUT2D eigenvalue weighted by atomic mass is 32.2. The third-order valence-electron chi connectivity index (χ3n) is 2.59. The number of hydrogen-bond acceptors (Lipinski definition) is 5. The lowest BCUT2D eigenvalue weighted by Gasteiger charge is -2.21. The van der Waals surface area contributed by atoms with Crippen molar-refractivity contribution in [2.75, 3.05) is 0 Å². The van der Waals surface area contributed by atoms with E-state index >= 15 is 0 Å². The van der Waals surface area contributed by atoms with E-state index in [2.05, 4.69) is 10.2 Å². The third-order valence-corrected chi connectivity index (χ3v) is 4.91. The molecule has 82 valence electrons. The highest BCUT2D eigenvalue weighted by molar-refractivity contribution is 8.03. The van der Waals surface area contributed by atoms with Crippen LogP contribution in [0.25, 0.3) is 0 Å². The summed E-state index contributed by atoms with van der Waals surface area (Å²) in [6, 6.07) is 0. The number of nitrogens with zero attached hydrogens (tertiary/aromatic N) is 2. The van der Waals surface area contributed by atoms with E-state index in [-0.39, 0.29) is 5.92 Å². The van der Waals surface area contributed by atoms with E-state index in [0.29, 0.717) is 0 Å². The van der Waals surface area contributed by atoms with Crippen molar-refractivity contribution in [3.05, 3.63) is 5.01 Å². The number of carbonyl (C=O) groups is 1. The number of hydrogen-bond donors (Lipinski definition) is 1. The minimum absolute atomic E-state index is 0.282. The first-order chi connectivity index (χ1) is 7.02. The Labute approximate surface area is 96.1 Å². The fourth-order valence-corrected chi connectivity index (χ4v) is 3.83. The maximum atomic E-state index is 11.2. The van der Waals surface area contributed by atoms with Gasteiger partial charge >= 0.3 is 5.97 Å². The van der Waals surface area contributed by atoms with Gasteiger partial charge in [0.25, 0.3) is 0 Å². The molecule has 1 unspecified atom stereocenters. The average Bonchev–Trinajstić information content (AvgIpc) is 2.92. The highest BCUT2D eigenvalue weighted by Gasteiger charge is 2.49. The summed E-state index contributed by atoms with van der Waals surface area (Å²) in [6.45, 7) is 3.66. The third kappa shape index (κ3) is 2.15. The smallest absolute Gasteiger partial charge is 0.320 e. The van der Waals surface area contributed by atoms with Crippen molar-refractivity contribution >= 4 is 29.1 Å². The van der Waals surface area contributed by atoms with Gasteiger partial charge in [0.2, 0.25) is 0 Å². The fourth-order valence-electron chi connectivity index (χ4n) is 1.44. The van der Waals surface area contributed by atoms with Crippen molar-refractivity contribution < 1.29 is 9.90 Å². The number of carboxylic acids is 1. The molecular weight excluding hydrogens is 232 g/mol. The molecule has 0 saturated heterocycles.